The summed E-state index contributed by atoms with van der Waals surface area (Å²) in [6.07, 6.45) is 14.5. The van der Waals surface area contributed by atoms with E-state index in [0.29, 0.717) is 0 Å². The monoisotopic (exact) mass is 724 g/mol. The van der Waals surface area contributed by atoms with Crippen molar-refractivity contribution < 1.29 is 0 Å². The molecule has 0 spiro atoms. The van der Waals surface area contributed by atoms with E-state index >= 15 is 0 Å². The van der Waals surface area contributed by atoms with Crippen LogP contribution in [0.2, 0.25) is 12.1 Å². The van der Waals surface area contributed by atoms with Gasteiger partial charge in [-0.1, -0.05) is 126 Å². The van der Waals surface area contributed by atoms with E-state index in [1.54, 1.807) is 10.4 Å². The highest BCUT2D eigenvalue weighted by Crippen LogP contribution is 2.60. The number of benzene rings is 2. The van der Waals surface area contributed by atoms with Crippen molar-refractivity contribution in [3.05, 3.63) is 102 Å². The van der Waals surface area contributed by atoms with Gasteiger partial charge in [-0.25, -0.2) is 9.97 Å². The molecule has 2 aromatic carbocycles. The van der Waals surface area contributed by atoms with Crippen molar-refractivity contribution in [2.24, 2.45) is 0 Å². The van der Waals surface area contributed by atoms with Gasteiger partial charge in [-0.05, 0) is 76.6 Å². The smallest absolute Gasteiger partial charge is 0.159 e. The highest BCUT2D eigenvalue weighted by Gasteiger charge is 2.50. The van der Waals surface area contributed by atoms with Crippen LogP contribution in [0.3, 0.4) is 0 Å². The van der Waals surface area contributed by atoms with Gasteiger partial charge in [0, 0.05) is 22.1 Å². The fourth-order valence-corrected chi connectivity index (χ4v) is 16.1. The summed E-state index contributed by atoms with van der Waals surface area (Å²) in [6.45, 7) is 4.63. The minimum Gasteiger partial charge on any atom is -0.237 e. The molecule has 2 nitrogen and oxygen atoms in total. The van der Waals surface area contributed by atoms with E-state index in [9.17, 15) is 0 Å². The number of aromatic nitrogens is 2. The molecule has 0 N–H and O–H groups in total. The first-order valence-electron chi connectivity index (χ1n) is 14.9. The number of hydrogen-bond acceptors (Lipinski definition) is 4. The molecule has 4 aromatic rings. The number of halogens is 2. The van der Waals surface area contributed by atoms with Crippen molar-refractivity contribution in [3.8, 4) is 0 Å². The third-order valence-electron chi connectivity index (χ3n) is 8.19. The van der Waals surface area contributed by atoms with Gasteiger partial charge in [-0.15, -0.1) is 22.7 Å². The molecule has 41 heavy (non-hydrogen) atoms. The van der Waals surface area contributed by atoms with Gasteiger partial charge in [-0.3, -0.25) is 0 Å². The molecule has 0 bridgehead atoms. The van der Waals surface area contributed by atoms with E-state index in [1.807, 2.05) is 22.7 Å². The van der Waals surface area contributed by atoms with Gasteiger partial charge in [0.05, 0.1) is 0 Å². The Hall–Kier alpha value is -1.64. The Morgan fingerprint density at radius 3 is 1.34 bits per heavy atom. The zero-order valence-corrected chi connectivity index (χ0v) is 29.8. The number of thiazole rings is 2. The molecule has 2 aromatic heterocycles. The molecule has 0 unspecified atom stereocenters. The second-order valence-corrected chi connectivity index (χ2v) is 19.7. The number of unbranched alkanes of at least 4 members (excludes halogenated alkanes) is 6. The zero-order chi connectivity index (χ0) is 28.7. The van der Waals surface area contributed by atoms with Crippen LogP contribution in [0.4, 0.5) is 0 Å². The molecule has 1 aliphatic rings. The van der Waals surface area contributed by atoms with Crippen LogP contribution in [0, 0.1) is 0 Å². The first-order chi connectivity index (χ1) is 20.1. The van der Waals surface area contributed by atoms with E-state index in [4.69, 9.17) is 9.97 Å². The number of hydrogen-bond donors (Lipinski definition) is 0. The predicted octanol–water partition coefficient (Wildman–Crippen LogP) is 12.3. The van der Waals surface area contributed by atoms with Gasteiger partial charge in [-0.2, -0.15) is 0 Å². The third-order valence-corrected chi connectivity index (χ3v) is 16.9. The number of allylic oxidation sites excluding steroid dienone is 2. The Bertz CT molecular complexity index is 1380. The first-order valence-corrected chi connectivity index (χ1v) is 20.6. The summed E-state index contributed by atoms with van der Waals surface area (Å²) in [7, 11) is -2.28. The molecule has 3 heterocycles. The fourth-order valence-electron chi connectivity index (χ4n) is 6.43. The van der Waals surface area contributed by atoms with Crippen LogP contribution in [0.1, 0.15) is 86.1 Å². The highest BCUT2D eigenvalue weighted by atomic mass is 79.9. The summed E-state index contributed by atoms with van der Waals surface area (Å²) in [4.78, 5) is 12.2. The molecule has 7 heteroatoms. The summed E-state index contributed by atoms with van der Waals surface area (Å²) in [5, 5.41) is 3.19. The van der Waals surface area contributed by atoms with Crippen LogP contribution in [-0.4, -0.2) is 18.0 Å². The molecule has 0 atom stereocenters. The topological polar surface area (TPSA) is 25.8 Å². The van der Waals surface area contributed by atoms with Gasteiger partial charge in [0.15, 0.2) is 7.83 Å². The van der Waals surface area contributed by atoms with E-state index in [2.05, 4.69) is 119 Å². The SMILES string of the molecule is CCCCCC[Si]1(CCCCCC)C(c2cnc(Br)s2)=C(c2ccccc2)C(c2ccccc2)=C1c1cnc(Br)s1. The lowest BCUT2D eigenvalue weighted by Crippen LogP contribution is -2.36. The van der Waals surface area contributed by atoms with Crippen LogP contribution in [0.5, 0.6) is 0 Å². The molecule has 214 valence electrons. The third kappa shape index (κ3) is 6.80. The Morgan fingerprint density at radius 1 is 0.585 bits per heavy atom. The van der Waals surface area contributed by atoms with E-state index < -0.39 is 8.07 Å². The van der Waals surface area contributed by atoms with Gasteiger partial charge < -0.3 is 0 Å². The molecule has 0 radical (unpaired) electrons. The van der Waals surface area contributed by atoms with Crippen molar-refractivity contribution in [1.82, 2.24) is 9.97 Å². The summed E-state index contributed by atoms with van der Waals surface area (Å²) in [5.41, 5.74) is 5.46. The molecule has 5 rings (SSSR count). The van der Waals surface area contributed by atoms with Crippen molar-refractivity contribution in [1.29, 1.82) is 0 Å². The molecule has 0 aliphatic carbocycles. The Kier molecular flexibility index (Phi) is 11.0. The predicted molar refractivity (Wildman–Crippen MR) is 190 cm³/mol. The van der Waals surface area contributed by atoms with Crippen LogP contribution in [0.15, 0.2) is 80.9 Å². The molecule has 0 amide bonds. The minimum absolute atomic E-state index is 0.961. The zero-order valence-electron chi connectivity index (χ0n) is 24.0. The quantitative estimate of drug-likeness (QED) is 0.0955. The van der Waals surface area contributed by atoms with Crippen molar-refractivity contribution in [2.45, 2.75) is 77.3 Å². The molecule has 0 fully saturated rings. The number of nitrogens with zero attached hydrogens (tertiary/aromatic N) is 2. The largest absolute Gasteiger partial charge is 0.237 e. The van der Waals surface area contributed by atoms with Gasteiger partial charge in [0.2, 0.25) is 0 Å². The lowest BCUT2D eigenvalue weighted by molar-refractivity contribution is 0.685. The van der Waals surface area contributed by atoms with Crippen LogP contribution in [0.25, 0.3) is 21.5 Å². The minimum atomic E-state index is -2.28. The molecule has 1 aliphatic heterocycles. The molecule has 0 saturated carbocycles. The standard InChI is InChI=1S/C34H38Br2N2S2Si/c1-3-5-7-15-21-41(22-16-8-6-4-2)31(27-23-37-33(35)39-27)29(25-17-11-9-12-18-25)30(26-19-13-10-14-20-26)32(41)28-24-38-34(36)40-28/h9-14,17-20,23-24H,3-8,15-16,21-22H2,1-2H3. The second-order valence-electron chi connectivity index (χ2n) is 10.9. The summed E-state index contributed by atoms with van der Waals surface area (Å²) in [6, 6.07) is 24.8. The summed E-state index contributed by atoms with van der Waals surface area (Å²) < 4.78 is 1.92. The second kappa shape index (κ2) is 14.7. The normalized spacial score (nSPS) is 14.8. The van der Waals surface area contributed by atoms with E-state index in [0.717, 1.165) is 7.83 Å². The Balaban J connectivity index is 1.87. The molecular weight excluding hydrogens is 688 g/mol. The maximum atomic E-state index is 4.76. The van der Waals surface area contributed by atoms with Crippen LogP contribution >= 0.6 is 54.5 Å². The average Bonchev–Trinajstić information content (AvgIpc) is 3.70. The molecule has 0 saturated heterocycles. The Morgan fingerprint density at radius 2 is 1.00 bits per heavy atom. The van der Waals surface area contributed by atoms with Crippen molar-refractivity contribution in [3.63, 3.8) is 0 Å². The fraction of sp³-hybridized carbons (Fsp3) is 0.353. The maximum Gasteiger partial charge on any atom is 0.159 e. The van der Waals surface area contributed by atoms with Gasteiger partial charge in [0.1, 0.15) is 8.07 Å². The Labute approximate surface area is 271 Å². The lowest BCUT2D eigenvalue weighted by atomic mass is 9.91. The summed E-state index contributed by atoms with van der Waals surface area (Å²) in [5.74, 6) is 0. The maximum absolute atomic E-state index is 4.76. The lowest BCUT2D eigenvalue weighted by Gasteiger charge is -2.34. The van der Waals surface area contributed by atoms with Crippen LogP contribution < -0.4 is 0 Å². The molecular formula is C34H38Br2N2S2Si. The van der Waals surface area contributed by atoms with E-state index in [-0.39, 0.29) is 0 Å². The van der Waals surface area contributed by atoms with Gasteiger partial charge in [0.25, 0.3) is 0 Å². The van der Waals surface area contributed by atoms with Gasteiger partial charge >= 0.3 is 0 Å². The first kappa shape index (κ1) is 30.8. The van der Waals surface area contributed by atoms with Crippen molar-refractivity contribution >= 4 is 84.1 Å². The van der Waals surface area contributed by atoms with Crippen molar-refractivity contribution in [2.75, 3.05) is 0 Å². The average molecular weight is 727 g/mol. The van der Waals surface area contributed by atoms with E-state index in [1.165, 1.54) is 95.5 Å². The number of rotatable bonds is 14. The summed E-state index contributed by atoms with van der Waals surface area (Å²) >= 11 is 11.1. The van der Waals surface area contributed by atoms with Crippen LogP contribution in [-0.2, 0) is 0 Å². The highest BCUT2D eigenvalue weighted by molar-refractivity contribution is 9.11.